The summed E-state index contributed by atoms with van der Waals surface area (Å²) in [4.78, 5) is 10.2. The van der Waals surface area contributed by atoms with Gasteiger partial charge in [0.15, 0.2) is 0 Å². The Morgan fingerprint density at radius 3 is 3.00 bits per heavy atom. The lowest BCUT2D eigenvalue weighted by Crippen LogP contribution is -2.14. The molecule has 0 aliphatic rings. The molecule has 0 spiro atoms. The zero-order valence-corrected chi connectivity index (χ0v) is 10.5. The molecule has 1 aromatic rings. The van der Waals surface area contributed by atoms with Gasteiger partial charge in [-0.2, -0.15) is 5.26 Å². The van der Waals surface area contributed by atoms with Crippen molar-refractivity contribution in [3.05, 3.63) is 28.2 Å². The van der Waals surface area contributed by atoms with Crippen molar-refractivity contribution in [2.45, 2.75) is 0 Å². The third-order valence-electron chi connectivity index (χ3n) is 1.89. The minimum Gasteiger partial charge on any atom is -0.480 e. The molecule has 5 nitrogen and oxygen atoms in total. The number of carbonyl (C=O) groups is 1. The van der Waals surface area contributed by atoms with E-state index < -0.39 is 5.97 Å². The molecule has 0 aromatic heterocycles. The van der Waals surface area contributed by atoms with Crippen molar-refractivity contribution < 1.29 is 14.6 Å². The molecule has 0 fully saturated rings. The number of carboxylic acid groups (broad SMARTS) is 1. The third kappa shape index (κ3) is 4.85. The molecule has 0 saturated carbocycles. The molecule has 0 heterocycles. The third-order valence-corrected chi connectivity index (χ3v) is 2.38. The summed E-state index contributed by atoms with van der Waals surface area (Å²) in [5, 5.41) is 20.2. The van der Waals surface area contributed by atoms with E-state index in [0.29, 0.717) is 17.8 Å². The Morgan fingerprint density at radius 1 is 1.59 bits per heavy atom. The highest BCUT2D eigenvalue weighted by Gasteiger charge is 2.02. The quantitative estimate of drug-likeness (QED) is 0.783. The summed E-state index contributed by atoms with van der Waals surface area (Å²) in [6.07, 6.45) is 0. The Kier molecular flexibility index (Phi) is 5.46. The highest BCUT2D eigenvalue weighted by atomic mass is 79.9. The summed E-state index contributed by atoms with van der Waals surface area (Å²) in [5.41, 5.74) is 1.23. The molecule has 0 aliphatic carbocycles. The van der Waals surface area contributed by atoms with Crippen LogP contribution in [0.5, 0.6) is 0 Å². The van der Waals surface area contributed by atoms with Gasteiger partial charge >= 0.3 is 5.97 Å². The molecule has 0 amide bonds. The molecule has 17 heavy (non-hydrogen) atoms. The summed E-state index contributed by atoms with van der Waals surface area (Å²) in [5.74, 6) is -0.995. The van der Waals surface area contributed by atoms with Gasteiger partial charge in [0.2, 0.25) is 0 Å². The van der Waals surface area contributed by atoms with Gasteiger partial charge in [-0.05, 0) is 18.2 Å². The first kappa shape index (κ1) is 13.5. The molecule has 0 aliphatic heterocycles. The summed E-state index contributed by atoms with van der Waals surface area (Å²) in [6, 6.07) is 7.33. The van der Waals surface area contributed by atoms with Gasteiger partial charge in [-0.3, -0.25) is 0 Å². The van der Waals surface area contributed by atoms with Gasteiger partial charge in [-0.1, -0.05) is 15.9 Å². The number of halogens is 1. The van der Waals surface area contributed by atoms with Crippen LogP contribution in [0.4, 0.5) is 5.69 Å². The van der Waals surface area contributed by atoms with Gasteiger partial charge in [-0.15, -0.1) is 0 Å². The van der Waals surface area contributed by atoms with Crippen molar-refractivity contribution in [2.75, 3.05) is 25.1 Å². The Morgan fingerprint density at radius 2 is 2.35 bits per heavy atom. The van der Waals surface area contributed by atoms with Crippen LogP contribution >= 0.6 is 15.9 Å². The average Bonchev–Trinajstić information content (AvgIpc) is 2.28. The van der Waals surface area contributed by atoms with E-state index in [-0.39, 0.29) is 13.2 Å². The van der Waals surface area contributed by atoms with E-state index in [1.54, 1.807) is 18.2 Å². The Hall–Kier alpha value is -1.58. The summed E-state index contributed by atoms with van der Waals surface area (Å²) < 4.78 is 5.73. The Bertz CT molecular complexity index is 443. The van der Waals surface area contributed by atoms with E-state index in [1.807, 2.05) is 0 Å². The molecule has 2 N–H and O–H groups in total. The highest BCUT2D eigenvalue weighted by molar-refractivity contribution is 9.10. The molecule has 0 bridgehead atoms. The first-order valence-electron chi connectivity index (χ1n) is 4.86. The van der Waals surface area contributed by atoms with Crippen LogP contribution < -0.4 is 5.32 Å². The summed E-state index contributed by atoms with van der Waals surface area (Å²) >= 11 is 3.31. The molecule has 0 saturated heterocycles. The number of aliphatic carboxylic acids is 1. The maximum absolute atomic E-state index is 10.2. The van der Waals surface area contributed by atoms with Crippen molar-refractivity contribution in [1.82, 2.24) is 0 Å². The number of nitrogens with one attached hydrogen (secondary N) is 1. The summed E-state index contributed by atoms with van der Waals surface area (Å²) in [7, 11) is 0. The zero-order valence-electron chi connectivity index (χ0n) is 8.94. The van der Waals surface area contributed by atoms with Gasteiger partial charge in [0.25, 0.3) is 0 Å². The molecule has 6 heteroatoms. The van der Waals surface area contributed by atoms with Crippen LogP contribution in [0.1, 0.15) is 5.56 Å². The normalized spacial score (nSPS) is 9.65. The number of hydrogen-bond acceptors (Lipinski definition) is 4. The number of nitrogens with zero attached hydrogens (tertiary/aromatic N) is 1. The molecule has 1 rings (SSSR count). The smallest absolute Gasteiger partial charge is 0.329 e. The number of hydrogen-bond donors (Lipinski definition) is 2. The van der Waals surface area contributed by atoms with E-state index in [1.165, 1.54) is 0 Å². The minimum absolute atomic E-state index is 0.268. The largest absolute Gasteiger partial charge is 0.480 e. The van der Waals surface area contributed by atoms with Crippen LogP contribution in [0.3, 0.4) is 0 Å². The highest BCUT2D eigenvalue weighted by Crippen LogP contribution is 2.20. The van der Waals surface area contributed by atoms with Crippen molar-refractivity contribution >= 4 is 27.6 Å². The predicted molar refractivity (Wildman–Crippen MR) is 65.8 cm³/mol. The maximum Gasteiger partial charge on any atom is 0.329 e. The molecule has 1 aromatic carbocycles. The lowest BCUT2D eigenvalue weighted by Gasteiger charge is -2.08. The fourth-order valence-electron chi connectivity index (χ4n) is 1.18. The van der Waals surface area contributed by atoms with Gasteiger partial charge < -0.3 is 15.2 Å². The lowest BCUT2D eigenvalue weighted by molar-refractivity contribution is -0.142. The molecule has 0 atom stereocenters. The molecule has 90 valence electrons. The molecular formula is C11H11BrN2O3. The standard InChI is InChI=1S/C11H11BrN2O3/c12-9-2-1-8(6-13)10(5-9)14-3-4-17-7-11(15)16/h1-2,5,14H,3-4,7H2,(H,15,16). The SMILES string of the molecule is N#Cc1ccc(Br)cc1NCCOCC(=O)O. The fourth-order valence-corrected chi connectivity index (χ4v) is 1.54. The molecule has 0 unspecified atom stereocenters. The van der Waals surface area contributed by atoms with E-state index in [0.717, 1.165) is 4.47 Å². The van der Waals surface area contributed by atoms with E-state index >= 15 is 0 Å². The number of nitriles is 1. The first-order valence-corrected chi connectivity index (χ1v) is 5.66. The first-order chi connectivity index (χ1) is 8.13. The van der Waals surface area contributed by atoms with Crippen LogP contribution in [0.25, 0.3) is 0 Å². The van der Waals surface area contributed by atoms with Crippen molar-refractivity contribution in [3.63, 3.8) is 0 Å². The van der Waals surface area contributed by atoms with E-state index in [2.05, 4.69) is 27.3 Å². The van der Waals surface area contributed by atoms with Gasteiger partial charge in [-0.25, -0.2) is 4.79 Å². The van der Waals surface area contributed by atoms with Crippen molar-refractivity contribution in [2.24, 2.45) is 0 Å². The van der Waals surface area contributed by atoms with Gasteiger partial charge in [0, 0.05) is 11.0 Å². The monoisotopic (exact) mass is 298 g/mol. The van der Waals surface area contributed by atoms with Crippen LogP contribution in [0.2, 0.25) is 0 Å². The topological polar surface area (TPSA) is 82.3 Å². The Balaban J connectivity index is 2.43. The van der Waals surface area contributed by atoms with E-state index in [4.69, 9.17) is 15.1 Å². The second kappa shape index (κ2) is 6.89. The zero-order chi connectivity index (χ0) is 12.7. The van der Waals surface area contributed by atoms with Crippen LogP contribution in [-0.4, -0.2) is 30.8 Å². The van der Waals surface area contributed by atoms with E-state index in [9.17, 15) is 4.79 Å². The van der Waals surface area contributed by atoms with Crippen molar-refractivity contribution in [1.29, 1.82) is 5.26 Å². The van der Waals surface area contributed by atoms with Crippen LogP contribution in [0.15, 0.2) is 22.7 Å². The minimum atomic E-state index is -0.995. The van der Waals surface area contributed by atoms with Crippen LogP contribution in [-0.2, 0) is 9.53 Å². The maximum atomic E-state index is 10.2. The Labute approximate surface area is 107 Å². The number of benzene rings is 1. The van der Waals surface area contributed by atoms with Crippen LogP contribution in [0, 0.1) is 11.3 Å². The number of rotatable bonds is 6. The second-order valence-electron chi connectivity index (χ2n) is 3.17. The number of ether oxygens (including phenoxy) is 1. The fraction of sp³-hybridized carbons (Fsp3) is 0.273. The molecular weight excluding hydrogens is 288 g/mol. The second-order valence-corrected chi connectivity index (χ2v) is 4.09. The number of anilines is 1. The lowest BCUT2D eigenvalue weighted by atomic mass is 10.2. The number of carboxylic acids is 1. The van der Waals surface area contributed by atoms with Gasteiger partial charge in [0.1, 0.15) is 12.7 Å². The summed E-state index contributed by atoms with van der Waals surface area (Å²) in [6.45, 7) is 0.396. The van der Waals surface area contributed by atoms with Crippen molar-refractivity contribution in [3.8, 4) is 6.07 Å². The van der Waals surface area contributed by atoms with Gasteiger partial charge in [0.05, 0.1) is 17.9 Å². The predicted octanol–water partition coefficient (Wildman–Crippen LogP) is 1.83. The molecule has 0 radical (unpaired) electrons. The average molecular weight is 299 g/mol.